The van der Waals surface area contributed by atoms with E-state index in [2.05, 4.69) is 10.1 Å². The maximum absolute atomic E-state index is 11.4. The summed E-state index contributed by atoms with van der Waals surface area (Å²) in [6.45, 7) is 1.41. The maximum atomic E-state index is 11.4. The van der Waals surface area contributed by atoms with Crippen LogP contribution >= 0.6 is 0 Å². The van der Waals surface area contributed by atoms with E-state index in [1.165, 1.54) is 6.07 Å². The van der Waals surface area contributed by atoms with E-state index < -0.39 is 0 Å². The second kappa shape index (κ2) is 3.89. The highest BCUT2D eigenvalue weighted by atomic mass is 16.5. The minimum absolute atomic E-state index is 0.0259. The number of rotatable bonds is 1. The van der Waals surface area contributed by atoms with Crippen molar-refractivity contribution in [2.45, 2.75) is 18.9 Å². The van der Waals surface area contributed by atoms with Crippen LogP contribution in [0.1, 0.15) is 18.9 Å². The van der Waals surface area contributed by atoms with Gasteiger partial charge in [0.2, 0.25) is 0 Å². The molecule has 1 aliphatic heterocycles. The first-order chi connectivity index (χ1) is 8.25. The lowest BCUT2D eigenvalue weighted by atomic mass is 10.1. The Morgan fingerprint density at radius 3 is 3.00 bits per heavy atom. The molecule has 2 aromatic rings. The van der Waals surface area contributed by atoms with Crippen LogP contribution in [0.5, 0.6) is 5.75 Å². The summed E-state index contributed by atoms with van der Waals surface area (Å²) in [6.07, 6.45) is 3.32. The quantitative estimate of drug-likeness (QED) is 0.765. The van der Waals surface area contributed by atoms with Crippen molar-refractivity contribution in [2.24, 2.45) is 0 Å². The summed E-state index contributed by atoms with van der Waals surface area (Å²) < 4.78 is 7.07. The standard InChI is InChI=1S/C11H13N3O3/c15-9-5-10(16)13-11-8(9)6-12-14(11)7-1-3-17-4-2-7/h5-7H,1-4H2,(H2,13,15,16). The number of hydrogen-bond donors (Lipinski definition) is 2. The number of aromatic hydroxyl groups is 1. The van der Waals surface area contributed by atoms with Crippen molar-refractivity contribution in [3.63, 3.8) is 0 Å². The predicted octanol–water partition coefficient (Wildman–Crippen LogP) is 0.782. The molecule has 3 rings (SSSR count). The second-order valence-electron chi connectivity index (χ2n) is 4.21. The SMILES string of the molecule is O=c1cc(O)c2cnn(C3CCOCC3)c2[nH]1. The van der Waals surface area contributed by atoms with Gasteiger partial charge in [-0.2, -0.15) is 5.10 Å². The van der Waals surface area contributed by atoms with Crippen LogP contribution in [-0.4, -0.2) is 33.1 Å². The van der Waals surface area contributed by atoms with Gasteiger partial charge in [0.25, 0.3) is 5.56 Å². The smallest absolute Gasteiger partial charge is 0.253 e. The second-order valence-corrected chi connectivity index (χ2v) is 4.21. The van der Waals surface area contributed by atoms with Gasteiger partial charge in [-0.05, 0) is 12.8 Å². The molecule has 2 N–H and O–H groups in total. The number of H-pyrrole nitrogens is 1. The van der Waals surface area contributed by atoms with Gasteiger partial charge in [-0.25, -0.2) is 4.68 Å². The Morgan fingerprint density at radius 2 is 2.24 bits per heavy atom. The molecule has 0 aromatic carbocycles. The Balaban J connectivity index is 2.13. The molecule has 1 saturated heterocycles. The number of aromatic amines is 1. The summed E-state index contributed by atoms with van der Waals surface area (Å²) in [5.74, 6) is -0.0259. The molecule has 6 nitrogen and oxygen atoms in total. The topological polar surface area (TPSA) is 80.1 Å². The molecular formula is C11H13N3O3. The van der Waals surface area contributed by atoms with Crippen molar-refractivity contribution >= 4 is 11.0 Å². The van der Waals surface area contributed by atoms with E-state index in [1.54, 1.807) is 10.9 Å². The first-order valence-corrected chi connectivity index (χ1v) is 5.63. The predicted molar refractivity (Wildman–Crippen MR) is 61.1 cm³/mol. The van der Waals surface area contributed by atoms with Crippen LogP contribution < -0.4 is 5.56 Å². The summed E-state index contributed by atoms with van der Waals surface area (Å²) >= 11 is 0. The highest BCUT2D eigenvalue weighted by Crippen LogP contribution is 2.26. The van der Waals surface area contributed by atoms with E-state index >= 15 is 0 Å². The number of aromatic nitrogens is 3. The van der Waals surface area contributed by atoms with Gasteiger partial charge in [-0.15, -0.1) is 0 Å². The Bertz CT molecular complexity index is 596. The van der Waals surface area contributed by atoms with E-state index in [9.17, 15) is 9.90 Å². The van der Waals surface area contributed by atoms with Crippen molar-refractivity contribution in [3.05, 3.63) is 22.6 Å². The van der Waals surface area contributed by atoms with Crippen LogP contribution in [0, 0.1) is 0 Å². The number of pyridine rings is 1. The maximum Gasteiger partial charge on any atom is 0.253 e. The van der Waals surface area contributed by atoms with Crippen LogP contribution in [0.15, 0.2) is 17.1 Å². The summed E-state index contributed by atoms with van der Waals surface area (Å²) in [5, 5.41) is 14.5. The zero-order valence-electron chi connectivity index (χ0n) is 9.22. The van der Waals surface area contributed by atoms with Gasteiger partial charge in [0.15, 0.2) is 0 Å². The molecule has 0 radical (unpaired) electrons. The molecule has 1 aliphatic rings. The molecule has 3 heterocycles. The van der Waals surface area contributed by atoms with Crippen molar-refractivity contribution in [2.75, 3.05) is 13.2 Å². The van der Waals surface area contributed by atoms with E-state index in [-0.39, 0.29) is 17.4 Å². The van der Waals surface area contributed by atoms with Gasteiger partial charge >= 0.3 is 0 Å². The van der Waals surface area contributed by atoms with Gasteiger partial charge in [-0.3, -0.25) is 4.79 Å². The largest absolute Gasteiger partial charge is 0.507 e. The lowest BCUT2D eigenvalue weighted by Crippen LogP contribution is -2.21. The van der Waals surface area contributed by atoms with Crippen molar-refractivity contribution in [1.82, 2.24) is 14.8 Å². The number of nitrogens with zero attached hydrogens (tertiary/aromatic N) is 2. The molecule has 0 aliphatic carbocycles. The third-order valence-electron chi connectivity index (χ3n) is 3.12. The molecule has 0 saturated carbocycles. The average Bonchev–Trinajstić information content (AvgIpc) is 2.74. The third-order valence-corrected chi connectivity index (χ3v) is 3.12. The monoisotopic (exact) mass is 235 g/mol. The molecule has 0 atom stereocenters. The molecule has 90 valence electrons. The Morgan fingerprint density at radius 1 is 1.47 bits per heavy atom. The van der Waals surface area contributed by atoms with Gasteiger partial charge in [0, 0.05) is 19.3 Å². The van der Waals surface area contributed by atoms with E-state index in [0.29, 0.717) is 24.2 Å². The Labute approximate surface area is 96.8 Å². The fourth-order valence-electron chi connectivity index (χ4n) is 2.24. The van der Waals surface area contributed by atoms with Gasteiger partial charge < -0.3 is 14.8 Å². The molecular weight excluding hydrogens is 222 g/mol. The van der Waals surface area contributed by atoms with Crippen LogP contribution in [0.3, 0.4) is 0 Å². The molecule has 0 amide bonds. The first-order valence-electron chi connectivity index (χ1n) is 5.63. The molecule has 6 heteroatoms. The Hall–Kier alpha value is -1.82. The highest BCUT2D eigenvalue weighted by molar-refractivity contribution is 5.81. The van der Waals surface area contributed by atoms with Gasteiger partial charge in [0.1, 0.15) is 11.4 Å². The summed E-state index contributed by atoms with van der Waals surface area (Å²) in [6, 6.07) is 1.39. The van der Waals surface area contributed by atoms with E-state index in [0.717, 1.165) is 12.8 Å². The zero-order valence-corrected chi connectivity index (χ0v) is 9.22. The van der Waals surface area contributed by atoms with Gasteiger partial charge in [-0.1, -0.05) is 0 Å². The lowest BCUT2D eigenvalue weighted by molar-refractivity contribution is 0.0673. The fraction of sp³-hybridized carbons (Fsp3) is 0.455. The normalized spacial score (nSPS) is 17.6. The van der Waals surface area contributed by atoms with Crippen molar-refractivity contribution in [1.29, 1.82) is 0 Å². The van der Waals surface area contributed by atoms with Crippen LogP contribution in [0.25, 0.3) is 11.0 Å². The lowest BCUT2D eigenvalue weighted by Gasteiger charge is -2.22. The molecule has 0 spiro atoms. The van der Waals surface area contributed by atoms with Crippen LogP contribution in [-0.2, 0) is 4.74 Å². The van der Waals surface area contributed by atoms with E-state index in [1.807, 2.05) is 0 Å². The molecule has 1 fully saturated rings. The highest BCUT2D eigenvalue weighted by Gasteiger charge is 2.19. The molecule has 2 aromatic heterocycles. The van der Waals surface area contributed by atoms with Crippen LogP contribution in [0.4, 0.5) is 0 Å². The van der Waals surface area contributed by atoms with Crippen LogP contribution in [0.2, 0.25) is 0 Å². The molecule has 0 unspecified atom stereocenters. The fourth-order valence-corrected chi connectivity index (χ4v) is 2.24. The molecule has 17 heavy (non-hydrogen) atoms. The van der Waals surface area contributed by atoms with Crippen molar-refractivity contribution < 1.29 is 9.84 Å². The number of hydrogen-bond acceptors (Lipinski definition) is 4. The summed E-state index contributed by atoms with van der Waals surface area (Å²) in [7, 11) is 0. The van der Waals surface area contributed by atoms with E-state index in [4.69, 9.17) is 4.74 Å². The van der Waals surface area contributed by atoms with Crippen molar-refractivity contribution in [3.8, 4) is 5.75 Å². The number of ether oxygens (including phenoxy) is 1. The third kappa shape index (κ3) is 1.70. The first kappa shape index (κ1) is 10.3. The summed E-state index contributed by atoms with van der Waals surface area (Å²) in [4.78, 5) is 14.1. The Kier molecular flexibility index (Phi) is 2.36. The average molecular weight is 235 g/mol. The number of fused-ring (bicyclic) bond motifs is 1. The summed E-state index contributed by atoms with van der Waals surface area (Å²) in [5.41, 5.74) is 0.269. The molecule has 0 bridgehead atoms. The minimum atomic E-state index is -0.316. The zero-order chi connectivity index (χ0) is 11.8. The number of nitrogens with one attached hydrogen (secondary N) is 1. The van der Waals surface area contributed by atoms with Gasteiger partial charge in [0.05, 0.1) is 17.6 Å². The minimum Gasteiger partial charge on any atom is -0.507 e.